The molecule has 0 radical (unpaired) electrons. The maximum atomic E-state index is 9.04. The van der Waals surface area contributed by atoms with Gasteiger partial charge in [-0.1, -0.05) is 0 Å². The summed E-state index contributed by atoms with van der Waals surface area (Å²) < 4.78 is -0.202. The molecule has 0 aliphatic heterocycles. The fourth-order valence-electron chi connectivity index (χ4n) is 0.687. The van der Waals surface area contributed by atoms with Gasteiger partial charge in [-0.3, -0.25) is 0 Å². The Labute approximate surface area is 75.8 Å². The van der Waals surface area contributed by atoms with Gasteiger partial charge in [-0.25, -0.2) is 0 Å². The number of anilines is 1. The lowest BCUT2D eigenvalue weighted by Gasteiger charge is -2.08. The number of nitrogen functional groups attached to an aromatic ring is 1. The van der Waals surface area contributed by atoms with Crippen LogP contribution in [0.25, 0.3) is 0 Å². The molecule has 5 nitrogen and oxygen atoms in total. The molecule has 0 bridgehead atoms. The normalized spacial score (nSPS) is 10.1. The Kier molecular flexibility index (Phi) is 1.93. The van der Waals surface area contributed by atoms with Crippen LogP contribution >= 0.6 is 15.9 Å². The fraction of sp³-hybridized carbons (Fsp3) is 0. The highest BCUT2D eigenvalue weighted by Crippen LogP contribution is 2.50. The monoisotopic (exact) mass is 235 g/mol. The highest BCUT2D eigenvalue weighted by molar-refractivity contribution is 9.10. The van der Waals surface area contributed by atoms with Crippen LogP contribution in [-0.2, 0) is 0 Å². The van der Waals surface area contributed by atoms with Crippen LogP contribution in [0.4, 0.5) is 5.69 Å². The minimum atomic E-state index is -0.669. The Morgan fingerprint density at radius 1 is 0.833 bits per heavy atom. The van der Waals surface area contributed by atoms with Crippen molar-refractivity contribution in [2.24, 2.45) is 0 Å². The van der Waals surface area contributed by atoms with E-state index in [0.717, 1.165) is 0 Å². The highest BCUT2D eigenvalue weighted by atomic mass is 79.9. The molecule has 0 amide bonds. The smallest absolute Gasteiger partial charge is 0.186 e. The molecule has 0 heterocycles. The molecule has 0 aliphatic carbocycles. The first-order valence-corrected chi connectivity index (χ1v) is 3.67. The average Bonchev–Trinajstić information content (AvgIpc) is 2.08. The zero-order valence-electron chi connectivity index (χ0n) is 5.74. The lowest BCUT2D eigenvalue weighted by Crippen LogP contribution is -1.88. The molecular weight excluding hydrogens is 230 g/mol. The van der Waals surface area contributed by atoms with Crippen LogP contribution < -0.4 is 5.73 Å². The number of aromatic hydroxyl groups is 4. The summed E-state index contributed by atoms with van der Waals surface area (Å²) in [4.78, 5) is 0. The number of phenolic OH excluding ortho intramolecular Hbond substituents is 4. The van der Waals surface area contributed by atoms with Crippen LogP contribution in [0, 0.1) is 0 Å². The van der Waals surface area contributed by atoms with Gasteiger partial charge in [0.15, 0.2) is 23.0 Å². The van der Waals surface area contributed by atoms with Gasteiger partial charge in [0.1, 0.15) is 10.2 Å². The Morgan fingerprint density at radius 3 is 1.50 bits per heavy atom. The van der Waals surface area contributed by atoms with Gasteiger partial charge in [0, 0.05) is 0 Å². The van der Waals surface area contributed by atoms with Gasteiger partial charge in [0.25, 0.3) is 0 Å². The Morgan fingerprint density at radius 2 is 1.17 bits per heavy atom. The molecule has 0 saturated carbocycles. The summed E-state index contributed by atoms with van der Waals surface area (Å²) in [5.74, 6) is -2.56. The summed E-state index contributed by atoms with van der Waals surface area (Å²) in [6.45, 7) is 0. The fourth-order valence-corrected chi connectivity index (χ4v) is 1.06. The van der Waals surface area contributed by atoms with Crippen LogP contribution in [0.2, 0.25) is 0 Å². The summed E-state index contributed by atoms with van der Waals surface area (Å²) in [6, 6.07) is 0. The third kappa shape index (κ3) is 1.00. The molecular formula is C6H6BrNO4. The van der Waals surface area contributed by atoms with Crippen LogP contribution in [-0.4, -0.2) is 20.4 Å². The lowest BCUT2D eigenvalue weighted by atomic mass is 10.2. The topological polar surface area (TPSA) is 107 Å². The molecule has 1 aromatic rings. The van der Waals surface area contributed by atoms with E-state index in [9.17, 15) is 0 Å². The predicted octanol–water partition coefficient (Wildman–Crippen LogP) is 0.854. The molecule has 0 aliphatic rings. The second kappa shape index (κ2) is 2.63. The average molecular weight is 236 g/mol. The first-order valence-electron chi connectivity index (χ1n) is 2.87. The van der Waals surface area contributed by atoms with Crippen molar-refractivity contribution in [2.75, 3.05) is 5.73 Å². The first kappa shape index (κ1) is 8.79. The van der Waals surface area contributed by atoms with Crippen molar-refractivity contribution < 1.29 is 20.4 Å². The molecule has 66 valence electrons. The Hall–Kier alpha value is -1.30. The van der Waals surface area contributed by atoms with Gasteiger partial charge in [0.05, 0.1) is 0 Å². The van der Waals surface area contributed by atoms with E-state index in [1.54, 1.807) is 0 Å². The van der Waals surface area contributed by atoms with Gasteiger partial charge in [0.2, 0.25) is 0 Å². The first-order chi connectivity index (χ1) is 5.46. The van der Waals surface area contributed by atoms with Gasteiger partial charge in [-0.2, -0.15) is 0 Å². The van der Waals surface area contributed by atoms with Crippen molar-refractivity contribution in [3.63, 3.8) is 0 Å². The number of hydrogen-bond acceptors (Lipinski definition) is 5. The Balaban J connectivity index is 3.60. The van der Waals surface area contributed by atoms with E-state index < -0.39 is 28.7 Å². The quantitative estimate of drug-likeness (QED) is 0.261. The number of nitrogens with two attached hydrogens (primary N) is 1. The molecule has 1 aromatic carbocycles. The van der Waals surface area contributed by atoms with Gasteiger partial charge in [-0.05, 0) is 15.9 Å². The lowest BCUT2D eigenvalue weighted by molar-refractivity contribution is 0.372. The maximum Gasteiger partial charge on any atom is 0.186 e. The largest absolute Gasteiger partial charge is 0.503 e. The van der Waals surface area contributed by atoms with Crippen LogP contribution in [0.15, 0.2) is 4.47 Å². The van der Waals surface area contributed by atoms with Gasteiger partial charge >= 0.3 is 0 Å². The molecule has 0 atom stereocenters. The molecule has 0 spiro atoms. The van der Waals surface area contributed by atoms with Gasteiger partial charge in [-0.15, -0.1) is 0 Å². The summed E-state index contributed by atoms with van der Waals surface area (Å²) in [5.41, 5.74) is 4.65. The van der Waals surface area contributed by atoms with Crippen molar-refractivity contribution in [1.82, 2.24) is 0 Å². The summed E-state index contributed by atoms with van der Waals surface area (Å²) in [7, 11) is 0. The molecule has 0 fully saturated rings. The van der Waals surface area contributed by atoms with E-state index in [0.29, 0.717) is 0 Å². The molecule has 1 rings (SSSR count). The van der Waals surface area contributed by atoms with E-state index >= 15 is 0 Å². The number of rotatable bonds is 0. The Bertz CT molecular complexity index is 234. The van der Waals surface area contributed by atoms with E-state index in [2.05, 4.69) is 15.9 Å². The van der Waals surface area contributed by atoms with Crippen molar-refractivity contribution in [2.45, 2.75) is 0 Å². The summed E-state index contributed by atoms with van der Waals surface area (Å²) >= 11 is 2.74. The molecule has 0 saturated heterocycles. The van der Waals surface area contributed by atoms with E-state index in [-0.39, 0.29) is 4.47 Å². The predicted molar refractivity (Wildman–Crippen MR) is 45.2 cm³/mol. The zero-order valence-corrected chi connectivity index (χ0v) is 7.33. The molecule has 12 heavy (non-hydrogen) atoms. The number of benzene rings is 1. The molecule has 6 N–H and O–H groups in total. The molecule has 0 aromatic heterocycles. The zero-order chi connectivity index (χ0) is 9.46. The SMILES string of the molecule is Nc1c(O)c(O)c(Br)c(O)c1O. The highest BCUT2D eigenvalue weighted by Gasteiger charge is 2.19. The van der Waals surface area contributed by atoms with Crippen LogP contribution in [0.1, 0.15) is 0 Å². The summed E-state index contributed by atoms with van der Waals surface area (Å²) in [6.07, 6.45) is 0. The van der Waals surface area contributed by atoms with Crippen molar-refractivity contribution >= 4 is 21.6 Å². The third-order valence-electron chi connectivity index (χ3n) is 1.37. The van der Waals surface area contributed by atoms with Crippen LogP contribution in [0.3, 0.4) is 0 Å². The third-order valence-corrected chi connectivity index (χ3v) is 2.13. The van der Waals surface area contributed by atoms with E-state index in [4.69, 9.17) is 26.2 Å². The minimum absolute atomic E-state index is 0.202. The molecule has 6 heteroatoms. The number of hydrogen-bond donors (Lipinski definition) is 5. The maximum absolute atomic E-state index is 9.04. The van der Waals surface area contributed by atoms with E-state index in [1.807, 2.05) is 0 Å². The number of phenols is 4. The van der Waals surface area contributed by atoms with Gasteiger partial charge < -0.3 is 26.2 Å². The minimum Gasteiger partial charge on any atom is -0.503 e. The van der Waals surface area contributed by atoms with Crippen molar-refractivity contribution in [1.29, 1.82) is 0 Å². The van der Waals surface area contributed by atoms with Crippen LogP contribution in [0.5, 0.6) is 23.0 Å². The standard InChI is InChI=1S/C6H6BrNO4/c7-1-3(9)5(11)2(8)6(12)4(1)10/h9-12H,8H2. The van der Waals surface area contributed by atoms with Crippen molar-refractivity contribution in [3.8, 4) is 23.0 Å². The number of halogens is 1. The molecule has 0 unspecified atom stereocenters. The summed E-state index contributed by atoms with van der Waals surface area (Å²) in [5, 5.41) is 36.1. The van der Waals surface area contributed by atoms with E-state index in [1.165, 1.54) is 0 Å². The second-order valence-corrected chi connectivity index (χ2v) is 2.92. The second-order valence-electron chi connectivity index (χ2n) is 2.12. The van der Waals surface area contributed by atoms with Crippen molar-refractivity contribution in [3.05, 3.63) is 4.47 Å².